The van der Waals surface area contributed by atoms with Gasteiger partial charge in [-0.2, -0.15) is 0 Å². The fourth-order valence-electron chi connectivity index (χ4n) is 6.04. The van der Waals surface area contributed by atoms with E-state index in [0.29, 0.717) is 63.9 Å². The Hall–Kier alpha value is -3.27. The topological polar surface area (TPSA) is 93.6 Å². The highest BCUT2D eigenvalue weighted by Gasteiger charge is 2.55. The van der Waals surface area contributed by atoms with Gasteiger partial charge < -0.3 is 29.4 Å². The van der Waals surface area contributed by atoms with Crippen molar-refractivity contribution in [3.63, 3.8) is 0 Å². The van der Waals surface area contributed by atoms with E-state index in [1.807, 2.05) is 36.4 Å². The van der Waals surface area contributed by atoms with Gasteiger partial charge in [0.1, 0.15) is 5.75 Å². The number of ether oxygens (including phenoxy) is 1. The summed E-state index contributed by atoms with van der Waals surface area (Å²) in [4.78, 5) is 45.7. The van der Waals surface area contributed by atoms with Crippen LogP contribution in [0.2, 0.25) is 0 Å². The third kappa shape index (κ3) is 6.32. The summed E-state index contributed by atoms with van der Waals surface area (Å²) >= 11 is 3.50. The van der Waals surface area contributed by atoms with Gasteiger partial charge in [-0.15, -0.1) is 0 Å². The summed E-state index contributed by atoms with van der Waals surface area (Å²) in [5.41, 5.74) is 1.30. The second-order valence-corrected chi connectivity index (χ2v) is 12.7. The lowest BCUT2D eigenvalue weighted by atomic mass is 9.95. The van der Waals surface area contributed by atoms with Crippen LogP contribution in [-0.4, -0.2) is 88.6 Å². The molecule has 0 aromatic heterocycles. The second-order valence-electron chi connectivity index (χ2n) is 11.8. The van der Waals surface area contributed by atoms with Gasteiger partial charge in [-0.3, -0.25) is 9.59 Å². The molecule has 1 N–H and O–H groups in total. The summed E-state index contributed by atoms with van der Waals surface area (Å²) in [6.45, 7) is 3.62. The minimum Gasteiger partial charge on any atom is -0.477 e. The maximum atomic E-state index is 13.8. The highest BCUT2D eigenvalue weighted by Crippen LogP contribution is 2.43. The summed E-state index contributed by atoms with van der Waals surface area (Å²) < 4.78 is 7.37. The first-order valence-corrected chi connectivity index (χ1v) is 15.5. The van der Waals surface area contributed by atoms with E-state index in [2.05, 4.69) is 37.9 Å². The Balaban J connectivity index is 1.09. The maximum absolute atomic E-state index is 13.8. The summed E-state index contributed by atoms with van der Waals surface area (Å²) in [5, 5.41) is 9.20. The van der Waals surface area contributed by atoms with Crippen molar-refractivity contribution in [3.05, 3.63) is 58.6 Å². The summed E-state index contributed by atoms with van der Waals surface area (Å²) in [5.74, 6) is 0.798. The fraction of sp³-hybridized carbons (Fsp3) is 0.516. The molecule has 2 aliphatic heterocycles. The van der Waals surface area contributed by atoms with Crippen LogP contribution in [0.25, 0.3) is 0 Å². The van der Waals surface area contributed by atoms with E-state index >= 15 is 0 Å². The number of carbonyl (C=O) groups is 3. The molecule has 41 heavy (non-hydrogen) atoms. The number of piperazine rings is 1. The Morgan fingerprint density at radius 2 is 1.66 bits per heavy atom. The number of hydrogen-bond donors (Lipinski definition) is 1. The van der Waals surface area contributed by atoms with Crippen molar-refractivity contribution in [2.24, 2.45) is 5.92 Å². The molecule has 10 heteroatoms. The molecule has 4 fully saturated rings. The number of amides is 3. The average molecular weight is 626 g/mol. The van der Waals surface area contributed by atoms with Gasteiger partial charge >= 0.3 is 6.09 Å². The van der Waals surface area contributed by atoms with Gasteiger partial charge in [-0.05, 0) is 55.5 Å². The predicted molar refractivity (Wildman–Crippen MR) is 158 cm³/mol. The SMILES string of the molecule is O=C(O)N1CCN(C(=O)C2(Oc3cccc(N4CCC[C@@H](C(=O)N(Cc5ccc(Br)cc5)C5CC5)C4)c3)CC2)CC1. The molecule has 4 aliphatic rings. The molecule has 0 spiro atoms. The Morgan fingerprint density at radius 1 is 0.951 bits per heavy atom. The molecule has 0 unspecified atom stereocenters. The standard InChI is InChI=1S/C31H37BrN4O5/c32-24-8-6-22(7-9-24)20-36(25-10-11-25)28(37)23-3-2-14-35(21-23)26-4-1-5-27(19-26)41-31(12-13-31)29(38)33-15-17-34(18-16-33)30(39)40/h1,4-9,19,23,25H,2-3,10-18,20-21H2,(H,39,40)/t23-/m1/s1. The largest absolute Gasteiger partial charge is 0.477 e. The zero-order valence-corrected chi connectivity index (χ0v) is 24.8. The van der Waals surface area contributed by atoms with Crippen molar-refractivity contribution in [3.8, 4) is 5.75 Å². The van der Waals surface area contributed by atoms with Crippen LogP contribution in [0.15, 0.2) is 53.0 Å². The summed E-state index contributed by atoms with van der Waals surface area (Å²) in [7, 11) is 0. The Morgan fingerprint density at radius 3 is 2.32 bits per heavy atom. The molecule has 2 saturated heterocycles. The number of piperidine rings is 1. The average Bonchev–Trinajstić information content (AvgIpc) is 3.93. The van der Waals surface area contributed by atoms with E-state index < -0.39 is 11.7 Å². The van der Waals surface area contributed by atoms with Crippen molar-refractivity contribution in [2.75, 3.05) is 44.2 Å². The number of halogens is 1. The molecule has 218 valence electrons. The quantitative estimate of drug-likeness (QED) is 0.462. The number of carbonyl (C=O) groups excluding carboxylic acids is 2. The molecule has 0 radical (unpaired) electrons. The van der Waals surface area contributed by atoms with Crippen LogP contribution in [0, 0.1) is 5.92 Å². The van der Waals surface area contributed by atoms with Crippen LogP contribution in [-0.2, 0) is 16.1 Å². The van der Waals surface area contributed by atoms with E-state index in [9.17, 15) is 19.5 Å². The van der Waals surface area contributed by atoms with Crippen LogP contribution >= 0.6 is 15.9 Å². The second kappa shape index (κ2) is 11.5. The van der Waals surface area contributed by atoms with E-state index in [0.717, 1.165) is 48.0 Å². The van der Waals surface area contributed by atoms with Crippen LogP contribution in [0.1, 0.15) is 44.1 Å². The van der Waals surface area contributed by atoms with Gasteiger partial charge in [0, 0.05) is 80.9 Å². The first-order chi connectivity index (χ1) is 19.8. The number of carboxylic acid groups (broad SMARTS) is 1. The van der Waals surface area contributed by atoms with E-state index in [-0.39, 0.29) is 17.7 Å². The lowest BCUT2D eigenvalue weighted by molar-refractivity contribution is -0.142. The molecule has 6 rings (SSSR count). The van der Waals surface area contributed by atoms with Gasteiger partial charge in [-0.25, -0.2) is 4.79 Å². The van der Waals surface area contributed by atoms with Crippen molar-refractivity contribution in [1.29, 1.82) is 0 Å². The zero-order chi connectivity index (χ0) is 28.6. The first-order valence-electron chi connectivity index (χ1n) is 14.7. The van der Waals surface area contributed by atoms with Gasteiger partial charge in [0.15, 0.2) is 5.60 Å². The highest BCUT2D eigenvalue weighted by molar-refractivity contribution is 9.10. The van der Waals surface area contributed by atoms with E-state index in [4.69, 9.17) is 4.74 Å². The molecule has 2 saturated carbocycles. The number of nitrogens with zero attached hydrogens (tertiary/aromatic N) is 4. The lowest BCUT2D eigenvalue weighted by Gasteiger charge is -2.37. The van der Waals surface area contributed by atoms with E-state index in [1.165, 1.54) is 4.90 Å². The summed E-state index contributed by atoms with van der Waals surface area (Å²) in [6, 6.07) is 16.4. The summed E-state index contributed by atoms with van der Waals surface area (Å²) in [6.07, 6.45) is 4.36. The van der Waals surface area contributed by atoms with Crippen molar-refractivity contribution >= 4 is 39.5 Å². The van der Waals surface area contributed by atoms with E-state index in [1.54, 1.807) is 4.90 Å². The molecular weight excluding hydrogens is 588 g/mol. The minimum atomic E-state index is -0.946. The number of hydrogen-bond acceptors (Lipinski definition) is 5. The molecule has 0 bridgehead atoms. The highest BCUT2D eigenvalue weighted by atomic mass is 79.9. The van der Waals surface area contributed by atoms with Crippen LogP contribution < -0.4 is 9.64 Å². The van der Waals surface area contributed by atoms with Crippen molar-refractivity contribution < 1.29 is 24.2 Å². The number of anilines is 1. The molecule has 9 nitrogen and oxygen atoms in total. The molecule has 3 amide bonds. The number of benzene rings is 2. The van der Waals surface area contributed by atoms with Gasteiger partial charge in [-0.1, -0.05) is 34.1 Å². The monoisotopic (exact) mass is 624 g/mol. The molecule has 2 heterocycles. The predicted octanol–water partition coefficient (Wildman–Crippen LogP) is 4.59. The normalized spacial score (nSPS) is 21.8. The molecule has 2 aliphatic carbocycles. The van der Waals surface area contributed by atoms with Crippen LogP contribution in [0.4, 0.5) is 10.5 Å². The Kier molecular flexibility index (Phi) is 7.85. The zero-order valence-electron chi connectivity index (χ0n) is 23.2. The fourth-order valence-corrected chi connectivity index (χ4v) is 6.30. The smallest absolute Gasteiger partial charge is 0.407 e. The molecule has 1 atom stereocenters. The third-order valence-electron chi connectivity index (χ3n) is 8.73. The van der Waals surface area contributed by atoms with Gasteiger partial charge in [0.25, 0.3) is 5.91 Å². The maximum Gasteiger partial charge on any atom is 0.407 e. The third-order valence-corrected chi connectivity index (χ3v) is 9.26. The van der Waals surface area contributed by atoms with Gasteiger partial charge in [0.2, 0.25) is 5.91 Å². The van der Waals surface area contributed by atoms with Gasteiger partial charge in [0.05, 0.1) is 5.92 Å². The molecule has 2 aromatic carbocycles. The lowest BCUT2D eigenvalue weighted by Crippen LogP contribution is -2.54. The van der Waals surface area contributed by atoms with Crippen molar-refractivity contribution in [1.82, 2.24) is 14.7 Å². The molecule has 2 aromatic rings. The van der Waals surface area contributed by atoms with Crippen LogP contribution in [0.5, 0.6) is 5.75 Å². The Labute approximate surface area is 249 Å². The molecular formula is C31H37BrN4O5. The van der Waals surface area contributed by atoms with Crippen molar-refractivity contribution in [2.45, 2.75) is 56.7 Å². The minimum absolute atomic E-state index is 0.0507. The number of rotatable bonds is 8. The Bertz CT molecular complexity index is 1290. The van der Waals surface area contributed by atoms with Crippen LogP contribution in [0.3, 0.4) is 0 Å². The first kappa shape index (κ1) is 27.9.